The molecule has 0 spiro atoms. The number of anilines is 1. The molecule has 0 aliphatic heterocycles. The number of aromatic nitrogens is 3. The number of hydrogen-bond acceptors (Lipinski definition) is 9. The van der Waals surface area contributed by atoms with Gasteiger partial charge in [-0.2, -0.15) is 23.4 Å². The lowest BCUT2D eigenvalue weighted by molar-refractivity contribution is -0.274. The quantitative estimate of drug-likeness (QED) is 0.212. The summed E-state index contributed by atoms with van der Waals surface area (Å²) >= 11 is 7.30. The molecule has 0 radical (unpaired) electrons. The maximum atomic E-state index is 14.8. The molecule has 20 heteroatoms. The molecule has 0 amide bonds. The number of alkyl halides is 6. The van der Waals surface area contributed by atoms with Gasteiger partial charge >= 0.3 is 18.5 Å². The Morgan fingerprint density at radius 1 is 1.02 bits per heavy atom. The van der Waals surface area contributed by atoms with Gasteiger partial charge in [-0.3, -0.25) is 4.72 Å². The van der Waals surface area contributed by atoms with Crippen LogP contribution >= 0.6 is 22.9 Å². The number of nitrogens with one attached hydrogen (secondary N) is 1. The van der Waals surface area contributed by atoms with Crippen LogP contribution in [0.4, 0.5) is 36.6 Å². The number of rotatable bonds is 7. The van der Waals surface area contributed by atoms with E-state index in [0.717, 1.165) is 41.7 Å². The van der Waals surface area contributed by atoms with Crippen LogP contribution in [0.15, 0.2) is 64.6 Å². The van der Waals surface area contributed by atoms with Gasteiger partial charge in [0.1, 0.15) is 28.0 Å². The number of hydrogen-bond donors (Lipinski definition) is 2. The molecular weight excluding hydrogens is 649 g/mol. The van der Waals surface area contributed by atoms with Crippen LogP contribution < -0.4 is 14.2 Å². The van der Waals surface area contributed by atoms with Crippen molar-refractivity contribution in [1.82, 2.24) is 15.2 Å². The van der Waals surface area contributed by atoms with Gasteiger partial charge in [0, 0.05) is 22.6 Å². The second-order valence-electron chi connectivity index (χ2n) is 7.43. The number of halogens is 8. The summed E-state index contributed by atoms with van der Waals surface area (Å²) in [7, 11) is -4.36. The summed E-state index contributed by atoms with van der Waals surface area (Å²) in [5.74, 6) is -4.80. The Balaban J connectivity index is 0.000000616. The van der Waals surface area contributed by atoms with Gasteiger partial charge in [-0.15, -0.1) is 24.5 Å². The zero-order chi connectivity index (χ0) is 31.3. The second-order valence-corrected chi connectivity index (χ2v) is 10.2. The van der Waals surface area contributed by atoms with Crippen LogP contribution in [-0.2, 0) is 14.8 Å². The summed E-state index contributed by atoms with van der Waals surface area (Å²) in [5, 5.41) is 15.6. The van der Waals surface area contributed by atoms with Crippen molar-refractivity contribution in [1.29, 1.82) is 0 Å². The van der Waals surface area contributed by atoms with Gasteiger partial charge in [0.2, 0.25) is 0 Å². The van der Waals surface area contributed by atoms with E-state index < -0.39 is 45.0 Å². The normalized spacial score (nSPS) is 11.7. The molecule has 2 heterocycles. The number of nitrogens with zero attached hydrogens (tertiary/aromatic N) is 3. The van der Waals surface area contributed by atoms with Gasteiger partial charge in [0.15, 0.2) is 5.82 Å². The van der Waals surface area contributed by atoms with Crippen molar-refractivity contribution >= 4 is 44.7 Å². The standard InChI is InChI=1S/C20H11ClF4N4O4S2.C2HF3O2/c21-14-6-18(35(30,31)29-19-9-34-10-26-19)15(22)7-17(14)32-16-2-1-12(33-20(23,24)25)5-13(16)11-3-4-27-28-8-11;3-2(4,5)1(6)7/h1-10,29H;(H,6,7). The van der Waals surface area contributed by atoms with Crippen molar-refractivity contribution in [3.8, 4) is 28.4 Å². The fourth-order valence-corrected chi connectivity index (χ4v) is 4.75. The minimum Gasteiger partial charge on any atom is -0.475 e. The Morgan fingerprint density at radius 2 is 1.71 bits per heavy atom. The molecule has 224 valence electrons. The van der Waals surface area contributed by atoms with Crippen molar-refractivity contribution in [2.75, 3.05) is 4.72 Å². The van der Waals surface area contributed by atoms with Gasteiger partial charge < -0.3 is 14.6 Å². The van der Waals surface area contributed by atoms with Crippen molar-refractivity contribution in [2.24, 2.45) is 0 Å². The van der Waals surface area contributed by atoms with Crippen molar-refractivity contribution in [3.05, 3.63) is 70.5 Å². The molecule has 2 N–H and O–H groups in total. The van der Waals surface area contributed by atoms with Gasteiger partial charge in [0.05, 0.1) is 22.9 Å². The van der Waals surface area contributed by atoms with Gasteiger partial charge in [-0.1, -0.05) is 11.6 Å². The topological polar surface area (TPSA) is 141 Å². The zero-order valence-electron chi connectivity index (χ0n) is 19.9. The molecule has 2 aromatic heterocycles. The lowest BCUT2D eigenvalue weighted by Crippen LogP contribution is -2.21. The number of carboxylic acids is 1. The van der Waals surface area contributed by atoms with Crippen LogP contribution in [-0.4, -0.2) is 47.2 Å². The molecule has 2 aromatic carbocycles. The Hall–Kier alpha value is -4.23. The average Bonchev–Trinajstić information content (AvgIpc) is 3.38. The van der Waals surface area contributed by atoms with Crippen molar-refractivity contribution < 1.29 is 58.5 Å². The number of aliphatic carboxylic acids is 1. The number of carboxylic acid groups (broad SMARTS) is 1. The van der Waals surface area contributed by atoms with Gasteiger partial charge in [-0.25, -0.2) is 22.6 Å². The highest BCUT2D eigenvalue weighted by molar-refractivity contribution is 7.92. The fourth-order valence-electron chi connectivity index (χ4n) is 2.84. The third kappa shape index (κ3) is 8.88. The van der Waals surface area contributed by atoms with Crippen LogP contribution in [0.1, 0.15) is 0 Å². The Labute approximate surface area is 239 Å². The summed E-state index contributed by atoms with van der Waals surface area (Å²) in [6, 6.07) is 6.22. The SMILES string of the molecule is O=C(O)C(F)(F)F.O=S(=O)(Nc1cscn1)c1cc(Cl)c(Oc2ccc(OC(F)(F)F)cc2-c2ccnnc2)cc1F. The third-order valence-electron chi connectivity index (χ3n) is 4.49. The first-order valence-corrected chi connectivity index (χ1v) is 13.3. The monoisotopic (exact) mass is 660 g/mol. The Kier molecular flexibility index (Phi) is 9.79. The first-order valence-electron chi connectivity index (χ1n) is 10.5. The molecule has 0 bridgehead atoms. The summed E-state index contributed by atoms with van der Waals surface area (Å²) in [6.07, 6.45) is -7.45. The number of thiazole rings is 1. The van der Waals surface area contributed by atoms with Crippen LogP contribution in [0, 0.1) is 5.82 Å². The summed E-state index contributed by atoms with van der Waals surface area (Å²) < 4.78 is 121. The fraction of sp³-hybridized carbons (Fsp3) is 0.0909. The van der Waals surface area contributed by atoms with Crippen LogP contribution in [0.2, 0.25) is 5.02 Å². The molecule has 42 heavy (non-hydrogen) atoms. The summed E-state index contributed by atoms with van der Waals surface area (Å²) in [4.78, 5) is 11.9. The van der Waals surface area contributed by atoms with Crippen LogP contribution in [0.5, 0.6) is 17.2 Å². The average molecular weight is 661 g/mol. The lowest BCUT2D eigenvalue weighted by atomic mass is 10.1. The number of benzene rings is 2. The van der Waals surface area contributed by atoms with Gasteiger partial charge in [-0.05, 0) is 30.3 Å². The zero-order valence-corrected chi connectivity index (χ0v) is 22.3. The predicted octanol–water partition coefficient (Wildman–Crippen LogP) is 6.52. The highest BCUT2D eigenvalue weighted by Gasteiger charge is 2.38. The summed E-state index contributed by atoms with van der Waals surface area (Å²) in [6.45, 7) is 0. The highest BCUT2D eigenvalue weighted by Crippen LogP contribution is 2.40. The molecule has 4 aromatic rings. The molecule has 0 saturated carbocycles. The van der Waals surface area contributed by atoms with Crippen molar-refractivity contribution in [2.45, 2.75) is 17.4 Å². The first-order chi connectivity index (χ1) is 19.5. The molecule has 4 rings (SSSR count). The maximum Gasteiger partial charge on any atom is 0.573 e. The minimum absolute atomic E-state index is 0.00242. The molecule has 0 aliphatic rings. The van der Waals surface area contributed by atoms with Crippen LogP contribution in [0.3, 0.4) is 0 Å². The third-order valence-corrected chi connectivity index (χ3v) is 6.74. The van der Waals surface area contributed by atoms with E-state index in [4.69, 9.17) is 26.2 Å². The first kappa shape index (κ1) is 32.3. The van der Waals surface area contributed by atoms with Crippen LogP contribution in [0.25, 0.3) is 11.1 Å². The number of ether oxygens (including phenoxy) is 2. The van der Waals surface area contributed by atoms with Crippen molar-refractivity contribution in [3.63, 3.8) is 0 Å². The molecule has 0 fully saturated rings. The minimum atomic E-state index is -5.08. The van der Waals surface area contributed by atoms with E-state index in [0.29, 0.717) is 5.56 Å². The predicted molar refractivity (Wildman–Crippen MR) is 132 cm³/mol. The molecule has 0 atom stereocenters. The molecule has 0 unspecified atom stereocenters. The van der Waals surface area contributed by atoms with Gasteiger partial charge in [0.25, 0.3) is 10.0 Å². The van der Waals surface area contributed by atoms with E-state index >= 15 is 0 Å². The van der Waals surface area contributed by atoms with E-state index in [1.165, 1.54) is 29.4 Å². The largest absolute Gasteiger partial charge is 0.573 e. The molecule has 10 nitrogen and oxygen atoms in total. The molecule has 0 aliphatic carbocycles. The second kappa shape index (κ2) is 12.7. The number of carbonyl (C=O) groups is 1. The Morgan fingerprint density at radius 3 is 2.26 bits per heavy atom. The van der Waals surface area contributed by atoms with E-state index in [9.17, 15) is 39.2 Å². The Bertz CT molecular complexity index is 1660. The smallest absolute Gasteiger partial charge is 0.475 e. The van der Waals surface area contributed by atoms with E-state index in [1.807, 2.05) is 0 Å². The van der Waals surface area contributed by atoms with E-state index in [1.54, 1.807) is 0 Å². The maximum absolute atomic E-state index is 14.8. The highest BCUT2D eigenvalue weighted by atomic mass is 35.5. The lowest BCUT2D eigenvalue weighted by Gasteiger charge is -2.16. The molecular formula is C22H12ClF7N4O6S2. The van der Waals surface area contributed by atoms with E-state index in [-0.39, 0.29) is 27.9 Å². The van der Waals surface area contributed by atoms with E-state index in [2.05, 4.69) is 24.6 Å². The number of sulfonamides is 1. The molecule has 0 saturated heterocycles. The summed E-state index contributed by atoms with van der Waals surface area (Å²) in [5.41, 5.74) is 1.80.